The fourth-order valence-corrected chi connectivity index (χ4v) is 3.58. The summed E-state index contributed by atoms with van der Waals surface area (Å²) < 4.78 is 8.33. The number of pyridine rings is 1. The molecule has 0 aliphatic heterocycles. The van der Waals surface area contributed by atoms with Crippen molar-refractivity contribution in [3.8, 4) is 5.75 Å². The van der Waals surface area contributed by atoms with E-state index < -0.39 is 0 Å². The molecule has 0 aliphatic carbocycles. The van der Waals surface area contributed by atoms with Crippen molar-refractivity contribution in [2.45, 2.75) is 26.4 Å². The van der Waals surface area contributed by atoms with Gasteiger partial charge < -0.3 is 4.74 Å². The Hall–Kier alpha value is -0.110. The molecule has 0 radical (unpaired) electrons. The van der Waals surface area contributed by atoms with Crippen LogP contribution in [-0.2, 0) is 0 Å². The summed E-state index contributed by atoms with van der Waals surface area (Å²) in [6.45, 7) is 4.21. The lowest BCUT2D eigenvalue weighted by molar-refractivity contribution is 0.218. The predicted octanol–water partition coefficient (Wildman–Crippen LogP) is 4.62. The van der Waals surface area contributed by atoms with E-state index in [2.05, 4.69) is 76.1 Å². The fraction of sp³-hybridized carbons (Fsp3) is 0.308. The maximum atomic E-state index is 5.99. The minimum absolute atomic E-state index is 0.216. The van der Waals surface area contributed by atoms with E-state index in [9.17, 15) is 0 Å². The largest absolute Gasteiger partial charge is 0.487 e. The molecule has 1 atom stereocenters. The summed E-state index contributed by atoms with van der Waals surface area (Å²) in [5.41, 5.74) is 0.962. The van der Waals surface area contributed by atoms with Gasteiger partial charge in [-0.25, -0.2) is 0 Å². The summed E-state index contributed by atoms with van der Waals surface area (Å²) in [4.78, 5) is 4.46. The molecule has 1 aromatic carbocycles. The van der Waals surface area contributed by atoms with Crippen LogP contribution in [-0.4, -0.2) is 11.1 Å². The molecule has 0 spiro atoms. The van der Waals surface area contributed by atoms with Crippen molar-refractivity contribution >= 4 is 56.1 Å². The van der Waals surface area contributed by atoms with Crippen LogP contribution in [0.5, 0.6) is 5.75 Å². The molecule has 0 aliphatic rings. The molecule has 0 N–H and O–H groups in total. The Bertz CT molecular complexity index is 542. The molecule has 90 valence electrons. The number of halogens is 2. The van der Waals surface area contributed by atoms with Gasteiger partial charge in [-0.15, -0.1) is 0 Å². The Labute approximate surface area is 128 Å². The Morgan fingerprint density at radius 3 is 2.82 bits per heavy atom. The number of hydrogen-bond donors (Lipinski definition) is 0. The topological polar surface area (TPSA) is 22.1 Å². The quantitative estimate of drug-likeness (QED) is 0.634. The first-order valence-corrected chi connectivity index (χ1v) is 7.68. The van der Waals surface area contributed by atoms with E-state index in [1.165, 1.54) is 3.57 Å². The highest BCUT2D eigenvalue weighted by atomic mass is 127. The lowest BCUT2D eigenvalue weighted by Gasteiger charge is -2.16. The number of hydrogen-bond acceptors (Lipinski definition) is 2. The van der Waals surface area contributed by atoms with Crippen LogP contribution in [0.3, 0.4) is 0 Å². The first-order chi connectivity index (χ1) is 8.13. The van der Waals surface area contributed by atoms with Gasteiger partial charge in [0.2, 0.25) is 0 Å². The second kappa shape index (κ2) is 5.69. The Balaban J connectivity index is 2.61. The van der Waals surface area contributed by atoms with Gasteiger partial charge in [0.05, 0.1) is 9.67 Å². The third-order valence-corrected chi connectivity index (χ3v) is 4.34. The molecule has 0 bridgehead atoms. The standard InChI is InChI=1S/C13H13I2NO/c1-3-8(2)17-13-11(15)7-10(14)9-5-4-6-16-12(9)13/h4-8H,3H2,1-2H3. The number of fused-ring (bicyclic) bond motifs is 1. The first kappa shape index (κ1) is 13.3. The molecule has 2 aromatic rings. The molecule has 0 amide bonds. The Morgan fingerprint density at radius 2 is 2.12 bits per heavy atom. The zero-order valence-corrected chi connectivity index (χ0v) is 14.0. The third-order valence-electron chi connectivity index (χ3n) is 2.64. The van der Waals surface area contributed by atoms with Crippen molar-refractivity contribution in [2.75, 3.05) is 0 Å². The maximum absolute atomic E-state index is 5.99. The predicted molar refractivity (Wildman–Crippen MR) is 87.6 cm³/mol. The van der Waals surface area contributed by atoms with Crippen LogP contribution in [0, 0.1) is 7.14 Å². The molecular formula is C13H13I2NO. The Morgan fingerprint density at radius 1 is 1.35 bits per heavy atom. The van der Waals surface area contributed by atoms with E-state index >= 15 is 0 Å². The number of ether oxygens (including phenoxy) is 1. The van der Waals surface area contributed by atoms with Crippen LogP contribution in [0.25, 0.3) is 10.9 Å². The number of benzene rings is 1. The molecule has 17 heavy (non-hydrogen) atoms. The van der Waals surface area contributed by atoms with Crippen molar-refractivity contribution in [3.05, 3.63) is 31.5 Å². The SMILES string of the molecule is CCC(C)Oc1c(I)cc(I)c2cccnc12. The van der Waals surface area contributed by atoms with E-state index in [4.69, 9.17) is 4.74 Å². The summed E-state index contributed by atoms with van der Waals surface area (Å²) in [5, 5.41) is 1.16. The second-order valence-electron chi connectivity index (χ2n) is 3.91. The van der Waals surface area contributed by atoms with Crippen LogP contribution < -0.4 is 4.74 Å². The van der Waals surface area contributed by atoms with E-state index in [1.54, 1.807) is 0 Å². The van der Waals surface area contributed by atoms with Crippen LogP contribution in [0.4, 0.5) is 0 Å². The lowest BCUT2D eigenvalue weighted by Crippen LogP contribution is -2.11. The number of aromatic nitrogens is 1. The third kappa shape index (κ3) is 2.83. The van der Waals surface area contributed by atoms with Gasteiger partial charge in [-0.2, -0.15) is 0 Å². The molecule has 2 nitrogen and oxygen atoms in total. The monoisotopic (exact) mass is 453 g/mol. The summed E-state index contributed by atoms with van der Waals surface area (Å²) in [5.74, 6) is 0.913. The van der Waals surface area contributed by atoms with Crippen LogP contribution in [0.2, 0.25) is 0 Å². The van der Waals surface area contributed by atoms with Gasteiger partial charge in [0.1, 0.15) is 5.52 Å². The van der Waals surface area contributed by atoms with Gasteiger partial charge >= 0.3 is 0 Å². The minimum Gasteiger partial charge on any atom is -0.487 e. The summed E-state index contributed by atoms with van der Waals surface area (Å²) >= 11 is 4.66. The van der Waals surface area contributed by atoms with E-state index in [0.29, 0.717) is 0 Å². The van der Waals surface area contributed by atoms with E-state index in [-0.39, 0.29) is 6.10 Å². The van der Waals surface area contributed by atoms with Crippen molar-refractivity contribution in [1.82, 2.24) is 4.98 Å². The van der Waals surface area contributed by atoms with Gasteiger partial charge in [-0.1, -0.05) is 13.0 Å². The van der Waals surface area contributed by atoms with Crippen LogP contribution >= 0.6 is 45.2 Å². The molecular weight excluding hydrogens is 440 g/mol. The Kier molecular flexibility index (Phi) is 4.46. The van der Waals surface area contributed by atoms with Gasteiger partial charge in [0, 0.05) is 15.2 Å². The molecule has 1 unspecified atom stereocenters. The van der Waals surface area contributed by atoms with Crippen LogP contribution in [0.1, 0.15) is 20.3 Å². The molecule has 0 saturated carbocycles. The summed E-state index contributed by atoms with van der Waals surface area (Å²) in [6, 6.07) is 6.19. The summed E-state index contributed by atoms with van der Waals surface area (Å²) in [6.07, 6.45) is 3.03. The smallest absolute Gasteiger partial charge is 0.159 e. The minimum atomic E-state index is 0.216. The molecule has 1 heterocycles. The van der Waals surface area contributed by atoms with Gasteiger partial charge in [-0.3, -0.25) is 4.98 Å². The molecule has 0 fully saturated rings. The highest BCUT2D eigenvalue weighted by molar-refractivity contribution is 14.1. The highest BCUT2D eigenvalue weighted by Crippen LogP contribution is 2.33. The van der Waals surface area contributed by atoms with Gasteiger partial charge in [0.25, 0.3) is 0 Å². The number of nitrogens with zero attached hydrogens (tertiary/aromatic N) is 1. The van der Waals surface area contributed by atoms with Crippen molar-refractivity contribution in [2.24, 2.45) is 0 Å². The fourth-order valence-electron chi connectivity index (χ4n) is 1.54. The van der Waals surface area contributed by atoms with Gasteiger partial charge in [-0.05, 0) is 70.7 Å². The van der Waals surface area contributed by atoms with Crippen molar-refractivity contribution in [1.29, 1.82) is 0 Å². The zero-order valence-electron chi connectivity index (χ0n) is 9.71. The molecule has 1 aromatic heterocycles. The molecule has 2 rings (SSSR count). The summed E-state index contributed by atoms with van der Waals surface area (Å²) in [7, 11) is 0. The normalized spacial score (nSPS) is 12.7. The van der Waals surface area contributed by atoms with E-state index in [0.717, 1.165) is 26.6 Å². The maximum Gasteiger partial charge on any atom is 0.159 e. The second-order valence-corrected chi connectivity index (χ2v) is 6.23. The molecule has 4 heteroatoms. The average Bonchev–Trinajstić information content (AvgIpc) is 2.34. The van der Waals surface area contributed by atoms with E-state index in [1.807, 2.05) is 12.3 Å². The zero-order chi connectivity index (χ0) is 12.4. The highest BCUT2D eigenvalue weighted by Gasteiger charge is 2.13. The first-order valence-electron chi connectivity index (χ1n) is 5.52. The van der Waals surface area contributed by atoms with Crippen molar-refractivity contribution < 1.29 is 4.74 Å². The average molecular weight is 453 g/mol. The lowest BCUT2D eigenvalue weighted by atomic mass is 10.2. The molecule has 0 saturated heterocycles. The van der Waals surface area contributed by atoms with Gasteiger partial charge in [0.15, 0.2) is 5.75 Å². The van der Waals surface area contributed by atoms with Crippen LogP contribution in [0.15, 0.2) is 24.4 Å². The van der Waals surface area contributed by atoms with Crippen molar-refractivity contribution in [3.63, 3.8) is 0 Å². The number of rotatable bonds is 3.